The number of nitrogens with two attached hydrogens (primary N) is 1. The van der Waals surface area contributed by atoms with Gasteiger partial charge in [0, 0.05) is 14.0 Å². The Labute approximate surface area is 89.0 Å². The summed E-state index contributed by atoms with van der Waals surface area (Å²) in [5.41, 5.74) is 5.82. The Hall–Kier alpha value is -0.940. The van der Waals surface area contributed by atoms with Crippen molar-refractivity contribution in [2.45, 2.75) is 44.2 Å². The molecule has 1 aromatic rings. The second-order valence-corrected chi connectivity index (χ2v) is 4.25. The lowest BCUT2D eigenvalue weighted by atomic mass is 9.80. The largest absolute Gasteiger partial charge is 0.381 e. The molecule has 5 nitrogen and oxygen atoms in total. The molecule has 0 aromatic carbocycles. The number of aromatic nitrogens is 2. The maximum atomic E-state index is 6.29. The molecular weight excluding hydrogens is 194 g/mol. The molecule has 2 rings (SSSR count). The summed E-state index contributed by atoms with van der Waals surface area (Å²) in [5.74, 6) is 1.18. The fourth-order valence-electron chi connectivity index (χ4n) is 2.16. The van der Waals surface area contributed by atoms with E-state index in [9.17, 15) is 0 Å². The number of aryl methyl sites for hydroxylation is 1. The molecule has 2 N–H and O–H groups in total. The monoisotopic (exact) mass is 211 g/mol. The first-order chi connectivity index (χ1) is 7.14. The van der Waals surface area contributed by atoms with Gasteiger partial charge in [-0.3, -0.25) is 0 Å². The van der Waals surface area contributed by atoms with E-state index in [4.69, 9.17) is 15.0 Å². The fourth-order valence-corrected chi connectivity index (χ4v) is 2.16. The van der Waals surface area contributed by atoms with Crippen molar-refractivity contribution in [1.29, 1.82) is 0 Å². The highest BCUT2D eigenvalue weighted by molar-refractivity contribution is 5.06. The topological polar surface area (TPSA) is 74.2 Å². The highest BCUT2D eigenvalue weighted by atomic mass is 16.5. The van der Waals surface area contributed by atoms with E-state index < -0.39 is 5.54 Å². The third-order valence-corrected chi connectivity index (χ3v) is 3.05. The van der Waals surface area contributed by atoms with E-state index in [2.05, 4.69) is 10.1 Å². The third kappa shape index (κ3) is 2.03. The number of methoxy groups -OCH3 is 1. The van der Waals surface area contributed by atoms with Crippen LogP contribution in [0.4, 0.5) is 0 Å². The molecule has 1 aliphatic rings. The SMILES string of the molecule is COC1CCCC(N)(c2noc(C)n2)C1. The van der Waals surface area contributed by atoms with Crippen LogP contribution < -0.4 is 5.73 Å². The molecule has 0 spiro atoms. The van der Waals surface area contributed by atoms with E-state index in [0.29, 0.717) is 11.7 Å². The molecule has 1 fully saturated rings. The highest BCUT2D eigenvalue weighted by Gasteiger charge is 2.38. The minimum absolute atomic E-state index is 0.211. The van der Waals surface area contributed by atoms with Gasteiger partial charge in [-0.2, -0.15) is 4.98 Å². The zero-order chi connectivity index (χ0) is 10.9. The van der Waals surface area contributed by atoms with Crippen LogP contribution in [0.2, 0.25) is 0 Å². The number of hydrogen-bond acceptors (Lipinski definition) is 5. The zero-order valence-electron chi connectivity index (χ0n) is 9.19. The summed E-state index contributed by atoms with van der Waals surface area (Å²) in [6, 6.07) is 0. The summed E-state index contributed by atoms with van der Waals surface area (Å²) in [7, 11) is 1.72. The zero-order valence-corrected chi connectivity index (χ0v) is 9.19. The van der Waals surface area contributed by atoms with E-state index in [1.54, 1.807) is 14.0 Å². The molecule has 1 saturated carbocycles. The van der Waals surface area contributed by atoms with Crippen LogP contribution in [0.5, 0.6) is 0 Å². The Morgan fingerprint density at radius 1 is 1.60 bits per heavy atom. The van der Waals surface area contributed by atoms with E-state index >= 15 is 0 Å². The number of rotatable bonds is 2. The second kappa shape index (κ2) is 3.90. The lowest BCUT2D eigenvalue weighted by Crippen LogP contribution is -2.44. The third-order valence-electron chi connectivity index (χ3n) is 3.05. The van der Waals surface area contributed by atoms with Gasteiger partial charge >= 0.3 is 0 Å². The minimum Gasteiger partial charge on any atom is -0.381 e. The van der Waals surface area contributed by atoms with Crippen molar-refractivity contribution in [3.05, 3.63) is 11.7 Å². The van der Waals surface area contributed by atoms with Crippen LogP contribution in [0.3, 0.4) is 0 Å². The minimum atomic E-state index is -0.476. The van der Waals surface area contributed by atoms with Crippen LogP contribution in [0.1, 0.15) is 37.4 Å². The molecular formula is C10H17N3O2. The van der Waals surface area contributed by atoms with Gasteiger partial charge in [-0.1, -0.05) is 5.16 Å². The summed E-state index contributed by atoms with van der Waals surface area (Å²) in [6.45, 7) is 1.77. The number of nitrogens with zero attached hydrogens (tertiary/aromatic N) is 2. The Balaban J connectivity index is 2.18. The van der Waals surface area contributed by atoms with Crippen molar-refractivity contribution in [3.8, 4) is 0 Å². The van der Waals surface area contributed by atoms with Gasteiger partial charge in [-0.05, 0) is 25.7 Å². The summed E-state index contributed by atoms with van der Waals surface area (Å²) in [6.07, 6.45) is 3.98. The smallest absolute Gasteiger partial charge is 0.223 e. The summed E-state index contributed by atoms with van der Waals surface area (Å²) < 4.78 is 10.3. The molecule has 1 heterocycles. The van der Waals surface area contributed by atoms with Gasteiger partial charge in [0.15, 0.2) is 5.82 Å². The molecule has 2 atom stereocenters. The summed E-state index contributed by atoms with van der Waals surface area (Å²) in [5, 5.41) is 3.91. The second-order valence-electron chi connectivity index (χ2n) is 4.25. The maximum Gasteiger partial charge on any atom is 0.223 e. The molecule has 0 saturated heterocycles. The predicted molar refractivity (Wildman–Crippen MR) is 54.2 cm³/mol. The average molecular weight is 211 g/mol. The molecule has 5 heteroatoms. The number of ether oxygens (including phenoxy) is 1. The molecule has 0 amide bonds. The van der Waals surface area contributed by atoms with Crippen molar-refractivity contribution in [3.63, 3.8) is 0 Å². The Morgan fingerprint density at radius 3 is 3.00 bits per heavy atom. The Morgan fingerprint density at radius 2 is 2.40 bits per heavy atom. The van der Waals surface area contributed by atoms with E-state index in [1.807, 2.05) is 0 Å². The first-order valence-corrected chi connectivity index (χ1v) is 5.26. The van der Waals surface area contributed by atoms with Crippen LogP contribution in [-0.4, -0.2) is 23.4 Å². The molecule has 84 valence electrons. The molecule has 1 aromatic heterocycles. The molecule has 2 unspecified atom stereocenters. The lowest BCUT2D eigenvalue weighted by molar-refractivity contribution is 0.0379. The van der Waals surface area contributed by atoms with Crippen LogP contribution >= 0.6 is 0 Å². The van der Waals surface area contributed by atoms with Crippen molar-refractivity contribution < 1.29 is 9.26 Å². The lowest BCUT2D eigenvalue weighted by Gasteiger charge is -2.34. The van der Waals surface area contributed by atoms with Gasteiger partial charge in [-0.15, -0.1) is 0 Å². The Bertz CT molecular complexity index is 339. The van der Waals surface area contributed by atoms with Crippen molar-refractivity contribution in [1.82, 2.24) is 10.1 Å². The molecule has 0 bridgehead atoms. The van der Waals surface area contributed by atoms with Gasteiger partial charge in [0.1, 0.15) is 0 Å². The summed E-state index contributed by atoms with van der Waals surface area (Å²) >= 11 is 0. The fraction of sp³-hybridized carbons (Fsp3) is 0.800. The van der Waals surface area contributed by atoms with Gasteiger partial charge < -0.3 is 15.0 Å². The number of hydrogen-bond donors (Lipinski definition) is 1. The van der Waals surface area contributed by atoms with Crippen molar-refractivity contribution in [2.24, 2.45) is 5.73 Å². The van der Waals surface area contributed by atoms with Gasteiger partial charge in [0.05, 0.1) is 11.6 Å². The predicted octanol–water partition coefficient (Wildman–Crippen LogP) is 1.12. The van der Waals surface area contributed by atoms with E-state index in [1.165, 1.54) is 0 Å². The van der Waals surface area contributed by atoms with Crippen LogP contribution in [-0.2, 0) is 10.3 Å². The quantitative estimate of drug-likeness (QED) is 0.793. The first kappa shape index (κ1) is 10.6. The van der Waals surface area contributed by atoms with Crippen LogP contribution in [0, 0.1) is 6.92 Å². The van der Waals surface area contributed by atoms with Crippen molar-refractivity contribution in [2.75, 3.05) is 7.11 Å². The van der Waals surface area contributed by atoms with Gasteiger partial charge in [-0.25, -0.2) is 0 Å². The average Bonchev–Trinajstić information content (AvgIpc) is 2.65. The maximum absolute atomic E-state index is 6.29. The molecule has 1 aliphatic carbocycles. The van der Waals surface area contributed by atoms with Crippen LogP contribution in [0.15, 0.2) is 4.52 Å². The standard InChI is InChI=1S/C10H17N3O2/c1-7-12-9(13-15-7)10(11)5-3-4-8(6-10)14-2/h8H,3-6,11H2,1-2H3. The van der Waals surface area contributed by atoms with Crippen LogP contribution in [0.25, 0.3) is 0 Å². The van der Waals surface area contributed by atoms with Gasteiger partial charge in [0.2, 0.25) is 5.89 Å². The first-order valence-electron chi connectivity index (χ1n) is 5.26. The van der Waals surface area contributed by atoms with Crippen molar-refractivity contribution >= 4 is 0 Å². The van der Waals surface area contributed by atoms with E-state index in [0.717, 1.165) is 25.7 Å². The van der Waals surface area contributed by atoms with E-state index in [-0.39, 0.29) is 6.10 Å². The highest BCUT2D eigenvalue weighted by Crippen LogP contribution is 2.34. The molecule has 0 aliphatic heterocycles. The summed E-state index contributed by atoms with van der Waals surface area (Å²) in [4.78, 5) is 4.22. The van der Waals surface area contributed by atoms with Gasteiger partial charge in [0.25, 0.3) is 0 Å². The normalized spacial score (nSPS) is 31.8. The Kier molecular flexibility index (Phi) is 2.75. The molecule has 0 radical (unpaired) electrons. The molecule has 15 heavy (non-hydrogen) atoms.